The number of aromatic nitrogens is 1. The first kappa shape index (κ1) is 12.1. The molecular weight excluding hydrogens is 240 g/mol. The van der Waals surface area contributed by atoms with Gasteiger partial charge in [-0.2, -0.15) is 0 Å². The third-order valence-electron chi connectivity index (χ3n) is 3.35. The maximum absolute atomic E-state index is 12.4. The molecule has 0 N–H and O–H groups in total. The van der Waals surface area contributed by atoms with Crippen LogP contribution in [0.15, 0.2) is 36.4 Å². The van der Waals surface area contributed by atoms with Crippen LogP contribution < -0.4 is 0 Å². The highest BCUT2D eigenvalue weighted by Gasteiger charge is 2.23. The fourth-order valence-corrected chi connectivity index (χ4v) is 2.35. The van der Waals surface area contributed by atoms with Gasteiger partial charge in [-0.25, -0.2) is 4.98 Å². The number of hydrogen-bond donors (Lipinski definition) is 0. The van der Waals surface area contributed by atoms with Crippen LogP contribution in [0.4, 0.5) is 0 Å². The van der Waals surface area contributed by atoms with Gasteiger partial charge in [0.1, 0.15) is 5.69 Å². The molecule has 1 amide bonds. The van der Waals surface area contributed by atoms with E-state index in [9.17, 15) is 4.79 Å². The quantitative estimate of drug-likeness (QED) is 0.784. The number of benzene rings is 1. The molecule has 19 heavy (non-hydrogen) atoms. The highest BCUT2D eigenvalue weighted by Crippen LogP contribution is 2.14. The normalized spacial score (nSPS) is 19.6. The van der Waals surface area contributed by atoms with Gasteiger partial charge in [0, 0.05) is 18.5 Å². The van der Waals surface area contributed by atoms with E-state index in [1.54, 1.807) is 6.07 Å². The molecule has 98 valence electrons. The summed E-state index contributed by atoms with van der Waals surface area (Å²) in [5.74, 6) is -0.0131. The van der Waals surface area contributed by atoms with Crippen molar-refractivity contribution in [2.75, 3.05) is 19.7 Å². The molecule has 1 aliphatic rings. The predicted octanol–water partition coefficient (Wildman–Crippen LogP) is 2.10. The minimum atomic E-state index is -0.0131. The molecule has 4 nitrogen and oxygen atoms in total. The number of nitrogens with zero attached hydrogens (tertiary/aromatic N) is 2. The number of pyridine rings is 1. The highest BCUT2D eigenvalue weighted by atomic mass is 16.5. The number of amides is 1. The predicted molar refractivity (Wildman–Crippen MR) is 73.1 cm³/mol. The maximum atomic E-state index is 12.4. The molecule has 1 fully saturated rings. The van der Waals surface area contributed by atoms with Gasteiger partial charge >= 0.3 is 0 Å². The fraction of sp³-hybridized carbons (Fsp3) is 0.333. The van der Waals surface area contributed by atoms with Crippen molar-refractivity contribution < 1.29 is 9.53 Å². The second-order valence-corrected chi connectivity index (χ2v) is 4.82. The molecule has 1 aromatic heterocycles. The van der Waals surface area contributed by atoms with E-state index >= 15 is 0 Å². The van der Waals surface area contributed by atoms with Crippen molar-refractivity contribution in [2.45, 2.75) is 13.0 Å². The van der Waals surface area contributed by atoms with Crippen LogP contribution in [-0.2, 0) is 4.74 Å². The molecule has 0 bridgehead atoms. The van der Waals surface area contributed by atoms with Gasteiger partial charge in [-0.3, -0.25) is 4.79 Å². The van der Waals surface area contributed by atoms with Crippen molar-refractivity contribution >= 4 is 16.8 Å². The van der Waals surface area contributed by atoms with Crippen molar-refractivity contribution in [3.8, 4) is 0 Å². The first-order chi connectivity index (χ1) is 9.24. The largest absolute Gasteiger partial charge is 0.375 e. The van der Waals surface area contributed by atoms with Crippen molar-refractivity contribution in [1.82, 2.24) is 9.88 Å². The summed E-state index contributed by atoms with van der Waals surface area (Å²) in [4.78, 5) is 18.7. The molecule has 0 aliphatic carbocycles. The molecule has 3 rings (SSSR count). The van der Waals surface area contributed by atoms with Crippen LogP contribution in [0.3, 0.4) is 0 Å². The lowest BCUT2D eigenvalue weighted by Crippen LogP contribution is -2.44. The maximum Gasteiger partial charge on any atom is 0.272 e. The van der Waals surface area contributed by atoms with E-state index in [0.717, 1.165) is 10.9 Å². The van der Waals surface area contributed by atoms with Gasteiger partial charge in [-0.1, -0.05) is 24.3 Å². The van der Waals surface area contributed by atoms with E-state index in [-0.39, 0.29) is 12.0 Å². The number of fused-ring (bicyclic) bond motifs is 1. The second kappa shape index (κ2) is 4.97. The van der Waals surface area contributed by atoms with Crippen LogP contribution in [0, 0.1) is 0 Å². The molecular formula is C15H16N2O2. The third-order valence-corrected chi connectivity index (χ3v) is 3.35. The summed E-state index contributed by atoms with van der Waals surface area (Å²) < 4.78 is 5.45. The lowest BCUT2D eigenvalue weighted by molar-refractivity contribution is -0.0126. The van der Waals surface area contributed by atoms with Gasteiger partial charge < -0.3 is 9.64 Å². The molecule has 1 atom stereocenters. The van der Waals surface area contributed by atoms with Gasteiger partial charge in [0.2, 0.25) is 0 Å². The SMILES string of the molecule is CC1CN(C(=O)c2ccc3ccccc3n2)CCO1. The standard InChI is InChI=1S/C15H16N2O2/c1-11-10-17(8-9-19-11)15(18)14-7-6-12-4-2-3-5-13(12)16-14/h2-7,11H,8-10H2,1H3. The number of carbonyl (C=O) groups excluding carboxylic acids is 1. The number of hydrogen-bond acceptors (Lipinski definition) is 3. The molecule has 2 aromatic rings. The molecule has 0 radical (unpaired) electrons. The van der Waals surface area contributed by atoms with Gasteiger partial charge in [0.25, 0.3) is 5.91 Å². The Labute approximate surface area is 112 Å². The zero-order valence-corrected chi connectivity index (χ0v) is 10.9. The van der Waals surface area contributed by atoms with Crippen LogP contribution in [-0.4, -0.2) is 41.6 Å². The van der Waals surface area contributed by atoms with E-state index in [1.807, 2.05) is 42.2 Å². The number of para-hydroxylation sites is 1. The smallest absolute Gasteiger partial charge is 0.272 e. The van der Waals surface area contributed by atoms with Crippen molar-refractivity contribution in [2.24, 2.45) is 0 Å². The van der Waals surface area contributed by atoms with Gasteiger partial charge in [-0.15, -0.1) is 0 Å². The topological polar surface area (TPSA) is 42.4 Å². The van der Waals surface area contributed by atoms with Crippen LogP contribution in [0.25, 0.3) is 10.9 Å². The summed E-state index contributed by atoms with van der Waals surface area (Å²) in [6, 6.07) is 11.6. The second-order valence-electron chi connectivity index (χ2n) is 4.82. The molecule has 4 heteroatoms. The number of rotatable bonds is 1. The molecule has 1 unspecified atom stereocenters. The van der Waals surface area contributed by atoms with Crippen LogP contribution in [0.5, 0.6) is 0 Å². The molecule has 0 saturated carbocycles. The monoisotopic (exact) mass is 256 g/mol. The average molecular weight is 256 g/mol. The number of morpholine rings is 1. The minimum Gasteiger partial charge on any atom is -0.375 e. The summed E-state index contributed by atoms with van der Waals surface area (Å²) in [6.07, 6.45) is 0.0955. The van der Waals surface area contributed by atoms with E-state index in [0.29, 0.717) is 25.4 Å². The van der Waals surface area contributed by atoms with Gasteiger partial charge in [0.15, 0.2) is 0 Å². The zero-order valence-electron chi connectivity index (χ0n) is 10.9. The van der Waals surface area contributed by atoms with Gasteiger partial charge in [-0.05, 0) is 19.1 Å². The Bertz CT molecular complexity index is 612. The fourth-order valence-electron chi connectivity index (χ4n) is 2.35. The Hall–Kier alpha value is -1.94. The minimum absolute atomic E-state index is 0.0131. The van der Waals surface area contributed by atoms with E-state index < -0.39 is 0 Å². The van der Waals surface area contributed by atoms with Crippen LogP contribution in [0.2, 0.25) is 0 Å². The average Bonchev–Trinajstić information content (AvgIpc) is 2.46. The molecule has 1 aromatic carbocycles. The summed E-state index contributed by atoms with van der Waals surface area (Å²) in [5.41, 5.74) is 1.36. The van der Waals surface area contributed by atoms with Crippen molar-refractivity contribution in [3.05, 3.63) is 42.1 Å². The molecule has 1 saturated heterocycles. The lowest BCUT2D eigenvalue weighted by atomic mass is 10.2. The Kier molecular flexibility index (Phi) is 3.17. The van der Waals surface area contributed by atoms with E-state index in [2.05, 4.69) is 4.98 Å². The molecule has 1 aliphatic heterocycles. The highest BCUT2D eigenvalue weighted by molar-refractivity contribution is 5.95. The Morgan fingerprint density at radius 3 is 3.00 bits per heavy atom. The first-order valence-corrected chi connectivity index (χ1v) is 6.51. The van der Waals surface area contributed by atoms with E-state index in [1.165, 1.54) is 0 Å². The zero-order chi connectivity index (χ0) is 13.2. The summed E-state index contributed by atoms with van der Waals surface area (Å²) in [7, 11) is 0. The van der Waals surface area contributed by atoms with Crippen LogP contribution in [0.1, 0.15) is 17.4 Å². The van der Waals surface area contributed by atoms with E-state index in [4.69, 9.17) is 4.74 Å². The number of ether oxygens (including phenoxy) is 1. The Morgan fingerprint density at radius 2 is 2.16 bits per heavy atom. The Balaban J connectivity index is 1.88. The third kappa shape index (κ3) is 2.44. The lowest BCUT2D eigenvalue weighted by Gasteiger charge is -2.30. The van der Waals surface area contributed by atoms with Gasteiger partial charge in [0.05, 0.1) is 18.2 Å². The summed E-state index contributed by atoms with van der Waals surface area (Å²) in [6.45, 7) is 3.85. The summed E-state index contributed by atoms with van der Waals surface area (Å²) in [5, 5.41) is 1.05. The Morgan fingerprint density at radius 1 is 1.32 bits per heavy atom. The summed E-state index contributed by atoms with van der Waals surface area (Å²) >= 11 is 0. The van der Waals surface area contributed by atoms with Crippen molar-refractivity contribution in [3.63, 3.8) is 0 Å². The molecule has 2 heterocycles. The van der Waals surface area contributed by atoms with Crippen molar-refractivity contribution in [1.29, 1.82) is 0 Å². The number of carbonyl (C=O) groups is 1. The first-order valence-electron chi connectivity index (χ1n) is 6.51. The van der Waals surface area contributed by atoms with Crippen LogP contribution >= 0.6 is 0 Å². The molecule has 0 spiro atoms.